The van der Waals surface area contributed by atoms with E-state index in [2.05, 4.69) is 15.0 Å². The molecule has 0 saturated heterocycles. The van der Waals surface area contributed by atoms with Gasteiger partial charge in [0.1, 0.15) is 6.33 Å². The van der Waals surface area contributed by atoms with E-state index < -0.39 is 5.56 Å². The normalized spacial score (nSPS) is 10.5. The third-order valence-electron chi connectivity index (χ3n) is 1.64. The van der Waals surface area contributed by atoms with E-state index in [1.54, 1.807) is 7.05 Å². The molecule has 0 saturated carbocycles. The number of fused-ring (bicyclic) bond motifs is 1. The van der Waals surface area contributed by atoms with E-state index in [1.165, 1.54) is 17.1 Å². The largest absolute Gasteiger partial charge is 0.492 e. The summed E-state index contributed by atoms with van der Waals surface area (Å²) in [6, 6.07) is 0. The van der Waals surface area contributed by atoms with Crippen molar-refractivity contribution in [3.05, 3.63) is 22.9 Å². The molecule has 6 nitrogen and oxygen atoms in total. The Morgan fingerprint density at radius 2 is 2.23 bits per heavy atom. The van der Waals surface area contributed by atoms with E-state index >= 15 is 0 Å². The van der Waals surface area contributed by atoms with E-state index in [9.17, 15) is 4.79 Å². The minimum atomic E-state index is -0.489. The van der Waals surface area contributed by atoms with Crippen LogP contribution in [0.2, 0.25) is 0 Å². The molecule has 2 heterocycles. The molecular formula is C7H6N4O2. The standard InChI is InChI=1S/C7H6N4O2/c1-11-2-4(12)10-5-6(11)8-3-9-7(5)13/h2-3,12H,1H3. The van der Waals surface area contributed by atoms with Crippen molar-refractivity contribution in [3.8, 4) is 17.4 Å². The highest BCUT2D eigenvalue weighted by Crippen LogP contribution is 2.13. The van der Waals surface area contributed by atoms with Gasteiger partial charge in [0.25, 0.3) is 0 Å². The average Bonchev–Trinajstić information content (AvgIpc) is 2.07. The molecule has 66 valence electrons. The summed E-state index contributed by atoms with van der Waals surface area (Å²) in [4.78, 5) is 22.1. The Balaban J connectivity index is 2.92. The second-order valence-electron chi connectivity index (χ2n) is 2.56. The second kappa shape index (κ2) is 2.51. The molecule has 0 aliphatic carbocycles. The van der Waals surface area contributed by atoms with Gasteiger partial charge in [0.05, 0.1) is 6.20 Å². The van der Waals surface area contributed by atoms with Gasteiger partial charge in [-0.2, -0.15) is 4.98 Å². The lowest BCUT2D eigenvalue weighted by molar-refractivity contribution is 0.446. The molecule has 0 spiro atoms. The van der Waals surface area contributed by atoms with Crippen LogP contribution in [0, 0.1) is 0 Å². The summed E-state index contributed by atoms with van der Waals surface area (Å²) in [7, 11) is 1.66. The Bertz CT molecular complexity index is 479. The lowest BCUT2D eigenvalue weighted by Gasteiger charge is -2.07. The quantitative estimate of drug-likeness (QED) is 0.581. The Labute approximate surface area is 72.9 Å². The van der Waals surface area contributed by atoms with Crippen molar-refractivity contribution in [2.45, 2.75) is 0 Å². The molecule has 0 aromatic rings. The molecule has 2 aliphatic heterocycles. The molecular weight excluding hydrogens is 172 g/mol. The molecule has 2 aliphatic rings. The lowest BCUT2D eigenvalue weighted by atomic mass is 10.4. The minimum Gasteiger partial charge on any atom is -0.492 e. The van der Waals surface area contributed by atoms with Gasteiger partial charge in [0, 0.05) is 7.05 Å². The molecule has 6 heteroatoms. The Hall–Kier alpha value is -1.98. The maximum absolute atomic E-state index is 11.1. The number of aryl methyl sites for hydroxylation is 1. The van der Waals surface area contributed by atoms with Crippen LogP contribution in [0.25, 0.3) is 11.5 Å². The number of nitrogens with zero attached hydrogens (tertiary/aromatic N) is 4. The Kier molecular flexibility index (Phi) is 1.48. The van der Waals surface area contributed by atoms with Crippen molar-refractivity contribution in [1.29, 1.82) is 0 Å². The van der Waals surface area contributed by atoms with Gasteiger partial charge < -0.3 is 9.67 Å². The van der Waals surface area contributed by atoms with Gasteiger partial charge >= 0.3 is 5.56 Å². The van der Waals surface area contributed by atoms with Crippen molar-refractivity contribution in [2.75, 3.05) is 0 Å². The fourth-order valence-corrected chi connectivity index (χ4v) is 1.09. The van der Waals surface area contributed by atoms with Gasteiger partial charge in [-0.1, -0.05) is 0 Å². The van der Waals surface area contributed by atoms with E-state index in [0.29, 0.717) is 5.82 Å². The smallest absolute Gasteiger partial charge is 0.301 e. The zero-order chi connectivity index (χ0) is 9.42. The highest BCUT2D eigenvalue weighted by molar-refractivity contribution is 5.49. The predicted molar refractivity (Wildman–Crippen MR) is 43.4 cm³/mol. The van der Waals surface area contributed by atoms with Gasteiger partial charge in [0.15, 0.2) is 11.5 Å². The molecule has 1 N–H and O–H groups in total. The summed E-state index contributed by atoms with van der Waals surface area (Å²) < 4.78 is 1.51. The third-order valence-corrected chi connectivity index (χ3v) is 1.64. The Morgan fingerprint density at radius 1 is 1.46 bits per heavy atom. The summed E-state index contributed by atoms with van der Waals surface area (Å²) in [5.41, 5.74) is -0.415. The van der Waals surface area contributed by atoms with Crippen molar-refractivity contribution in [3.63, 3.8) is 0 Å². The van der Waals surface area contributed by atoms with E-state index in [0.717, 1.165) is 0 Å². The van der Waals surface area contributed by atoms with Gasteiger partial charge in [-0.15, -0.1) is 0 Å². The van der Waals surface area contributed by atoms with Crippen LogP contribution >= 0.6 is 0 Å². The minimum absolute atomic E-state index is 0.0741. The van der Waals surface area contributed by atoms with Crippen LogP contribution in [-0.2, 0) is 7.05 Å². The summed E-state index contributed by atoms with van der Waals surface area (Å²) in [5, 5.41) is 9.11. The van der Waals surface area contributed by atoms with Crippen LogP contribution in [0.5, 0.6) is 5.88 Å². The number of aromatic nitrogens is 4. The van der Waals surface area contributed by atoms with Crippen LogP contribution in [0.1, 0.15) is 0 Å². The molecule has 0 aromatic carbocycles. The predicted octanol–water partition coefficient (Wildman–Crippen LogP) is -0.619. The first-order valence-electron chi connectivity index (χ1n) is 3.56. The van der Waals surface area contributed by atoms with Crippen LogP contribution in [-0.4, -0.2) is 24.6 Å². The zero-order valence-electron chi connectivity index (χ0n) is 6.80. The number of hydrogen-bond acceptors (Lipinski definition) is 5. The van der Waals surface area contributed by atoms with Crippen molar-refractivity contribution in [1.82, 2.24) is 19.5 Å². The monoisotopic (exact) mass is 178 g/mol. The van der Waals surface area contributed by atoms with E-state index in [1.807, 2.05) is 0 Å². The van der Waals surface area contributed by atoms with Crippen molar-refractivity contribution in [2.24, 2.45) is 7.05 Å². The summed E-state index contributed by atoms with van der Waals surface area (Å²) >= 11 is 0. The van der Waals surface area contributed by atoms with Crippen LogP contribution in [0.4, 0.5) is 0 Å². The third kappa shape index (κ3) is 1.12. The van der Waals surface area contributed by atoms with Gasteiger partial charge in [-0.05, 0) is 0 Å². The maximum Gasteiger partial charge on any atom is 0.301 e. The molecule has 0 aromatic heterocycles. The van der Waals surface area contributed by atoms with Crippen molar-refractivity contribution >= 4 is 0 Å². The zero-order valence-corrected chi connectivity index (χ0v) is 6.80. The number of aromatic hydroxyl groups is 1. The molecule has 0 atom stereocenters. The summed E-state index contributed by atoms with van der Waals surface area (Å²) in [5.74, 6) is 0.180. The van der Waals surface area contributed by atoms with Gasteiger partial charge in [-0.3, -0.25) is 4.79 Å². The topological polar surface area (TPSA) is 80.9 Å². The van der Waals surface area contributed by atoms with Crippen LogP contribution < -0.4 is 5.56 Å². The molecule has 0 bridgehead atoms. The molecule has 0 radical (unpaired) electrons. The lowest BCUT2D eigenvalue weighted by Crippen LogP contribution is -2.16. The fraction of sp³-hybridized carbons (Fsp3) is 0.143. The highest BCUT2D eigenvalue weighted by Gasteiger charge is 2.12. The molecule has 0 fully saturated rings. The highest BCUT2D eigenvalue weighted by atomic mass is 16.3. The van der Waals surface area contributed by atoms with Crippen molar-refractivity contribution < 1.29 is 5.11 Å². The molecule has 2 rings (SSSR count). The first-order valence-corrected chi connectivity index (χ1v) is 3.56. The van der Waals surface area contributed by atoms with Gasteiger partial charge in [-0.25, -0.2) is 9.97 Å². The number of hydrogen-bond donors (Lipinski definition) is 1. The van der Waals surface area contributed by atoms with Crippen LogP contribution in [0.15, 0.2) is 17.3 Å². The number of rotatable bonds is 0. The first kappa shape index (κ1) is 7.66. The van der Waals surface area contributed by atoms with Crippen LogP contribution in [0.3, 0.4) is 0 Å². The SMILES string of the molecule is Cn1cc(O)nc2c(=O)ncnc1-2. The van der Waals surface area contributed by atoms with E-state index in [4.69, 9.17) is 5.11 Å². The molecule has 0 amide bonds. The first-order chi connectivity index (χ1) is 6.18. The fourth-order valence-electron chi connectivity index (χ4n) is 1.09. The molecule has 0 unspecified atom stereocenters. The Morgan fingerprint density at radius 3 is 3.00 bits per heavy atom. The van der Waals surface area contributed by atoms with Gasteiger partial charge in [0.2, 0.25) is 5.88 Å². The average molecular weight is 178 g/mol. The summed E-state index contributed by atoms with van der Waals surface area (Å²) in [6.07, 6.45) is 2.54. The molecule has 13 heavy (non-hydrogen) atoms. The second-order valence-corrected chi connectivity index (χ2v) is 2.56. The van der Waals surface area contributed by atoms with E-state index in [-0.39, 0.29) is 11.6 Å². The summed E-state index contributed by atoms with van der Waals surface area (Å²) in [6.45, 7) is 0. The maximum atomic E-state index is 11.1.